The predicted molar refractivity (Wildman–Crippen MR) is 93.6 cm³/mol. The number of hydrogen-bond acceptors (Lipinski definition) is 6. The van der Waals surface area contributed by atoms with Gasteiger partial charge in [0.25, 0.3) is 16.1 Å². The maximum Gasteiger partial charge on any atom is 0.422 e. The van der Waals surface area contributed by atoms with Crippen LogP contribution in [0.5, 0.6) is 0 Å². The van der Waals surface area contributed by atoms with Crippen LogP contribution in [-0.2, 0) is 14.8 Å². The predicted octanol–water partition coefficient (Wildman–Crippen LogP) is 2.82. The van der Waals surface area contributed by atoms with E-state index in [0.29, 0.717) is 5.56 Å². The minimum atomic E-state index is -4.14. The monoisotopic (exact) mass is 378 g/mol. The molecule has 0 unspecified atom stereocenters. The molecule has 0 aliphatic carbocycles. The van der Waals surface area contributed by atoms with Crippen molar-refractivity contribution in [3.05, 3.63) is 75.8 Å². The summed E-state index contributed by atoms with van der Waals surface area (Å²) in [6.07, 6.45) is -2.52. The van der Waals surface area contributed by atoms with Crippen molar-refractivity contribution >= 4 is 16.1 Å². The molecule has 2 aromatic rings. The third-order valence-electron chi connectivity index (χ3n) is 3.68. The Balaban J connectivity index is 2.19. The highest BCUT2D eigenvalue weighted by atomic mass is 32.2. The van der Waals surface area contributed by atoms with Crippen molar-refractivity contribution in [2.75, 3.05) is 0 Å². The number of amides is 1. The first-order valence-electron chi connectivity index (χ1n) is 7.69. The number of carbonyl (C=O) groups excluding carboxylic acids is 1. The van der Waals surface area contributed by atoms with E-state index in [1.807, 2.05) is 0 Å². The number of hydrogen-bond donors (Lipinski definition) is 1. The smallest absolute Gasteiger partial charge is 0.422 e. The number of sulfonamides is 1. The zero-order chi connectivity index (χ0) is 19.3. The van der Waals surface area contributed by atoms with Gasteiger partial charge in [-0.2, -0.15) is 0 Å². The third kappa shape index (κ3) is 4.79. The van der Waals surface area contributed by atoms with Crippen molar-refractivity contribution < 1.29 is 22.9 Å². The molecule has 9 heteroatoms. The fourth-order valence-corrected chi connectivity index (χ4v) is 3.10. The molecule has 2 rings (SSSR count). The van der Waals surface area contributed by atoms with Gasteiger partial charge in [-0.3, -0.25) is 10.1 Å². The molecule has 0 bridgehead atoms. The van der Waals surface area contributed by atoms with E-state index in [4.69, 9.17) is 4.74 Å². The average molecular weight is 378 g/mol. The Bertz CT molecular complexity index is 881. The Morgan fingerprint density at radius 2 is 1.69 bits per heavy atom. The zero-order valence-electron chi connectivity index (χ0n) is 14.2. The summed E-state index contributed by atoms with van der Waals surface area (Å²) < 4.78 is 31.3. The number of aryl methyl sites for hydroxylation is 1. The van der Waals surface area contributed by atoms with Gasteiger partial charge in [-0.15, -0.1) is 0 Å². The van der Waals surface area contributed by atoms with Crippen LogP contribution in [0.1, 0.15) is 24.2 Å². The number of nitrogens with one attached hydrogen (secondary N) is 1. The first-order chi connectivity index (χ1) is 12.2. The van der Waals surface area contributed by atoms with Crippen molar-refractivity contribution in [1.29, 1.82) is 0 Å². The Kier molecular flexibility index (Phi) is 5.93. The van der Waals surface area contributed by atoms with Crippen molar-refractivity contribution in [1.82, 2.24) is 4.72 Å². The fourth-order valence-electron chi connectivity index (χ4n) is 2.22. The Morgan fingerprint density at radius 3 is 2.23 bits per heavy atom. The van der Waals surface area contributed by atoms with Crippen molar-refractivity contribution in [2.24, 2.45) is 0 Å². The average Bonchev–Trinajstić information content (AvgIpc) is 2.59. The topological polar surface area (TPSA) is 116 Å². The largest absolute Gasteiger partial charge is 0.433 e. The summed E-state index contributed by atoms with van der Waals surface area (Å²) in [7, 11) is -4.14. The Labute approximate surface area is 151 Å². The Morgan fingerprint density at radius 1 is 1.12 bits per heavy atom. The van der Waals surface area contributed by atoms with E-state index in [2.05, 4.69) is 0 Å². The molecule has 2 aromatic carbocycles. The lowest BCUT2D eigenvalue weighted by Gasteiger charge is -2.19. The van der Waals surface area contributed by atoms with Crippen molar-refractivity contribution in [2.45, 2.75) is 30.9 Å². The van der Waals surface area contributed by atoms with Gasteiger partial charge >= 0.3 is 6.09 Å². The SMILES string of the molecule is Cc1ccc(S(=O)(=O)NC(=O)O[C@H](c2ccccc2)[C@H](C)[N+](=O)[O-])cc1. The molecule has 0 heterocycles. The van der Waals surface area contributed by atoms with Gasteiger partial charge in [0.15, 0.2) is 6.10 Å². The second kappa shape index (κ2) is 7.96. The van der Waals surface area contributed by atoms with E-state index in [0.717, 1.165) is 5.56 Å². The minimum absolute atomic E-state index is 0.112. The van der Waals surface area contributed by atoms with Crippen LogP contribution in [0, 0.1) is 17.0 Å². The molecule has 0 saturated carbocycles. The van der Waals surface area contributed by atoms with Gasteiger partial charge in [-0.1, -0.05) is 48.0 Å². The third-order valence-corrected chi connectivity index (χ3v) is 5.01. The molecule has 0 radical (unpaired) electrons. The number of nitrogens with zero attached hydrogens (tertiary/aromatic N) is 1. The zero-order valence-corrected chi connectivity index (χ0v) is 15.0. The highest BCUT2D eigenvalue weighted by Crippen LogP contribution is 2.23. The second-order valence-corrected chi connectivity index (χ2v) is 7.36. The molecule has 1 amide bonds. The van der Waals surface area contributed by atoms with Gasteiger partial charge in [0, 0.05) is 11.8 Å². The van der Waals surface area contributed by atoms with Crippen molar-refractivity contribution in [3.63, 3.8) is 0 Å². The summed E-state index contributed by atoms with van der Waals surface area (Å²) in [5, 5.41) is 11.1. The van der Waals surface area contributed by atoms with Gasteiger partial charge < -0.3 is 4.74 Å². The van der Waals surface area contributed by atoms with Crippen LogP contribution >= 0.6 is 0 Å². The molecule has 0 aromatic heterocycles. The number of nitro groups is 1. The second-order valence-electron chi connectivity index (χ2n) is 5.68. The standard InChI is InChI=1S/C17H18N2O6S/c1-12-8-10-15(11-9-12)26(23,24)18-17(20)25-16(13(2)19(21)22)14-6-4-3-5-7-14/h3-11,13,16H,1-2H3,(H,18,20)/t13-,16-/m0/s1. The normalized spacial score (nSPS) is 13.5. The molecular weight excluding hydrogens is 360 g/mol. The van der Waals surface area contributed by atoms with Gasteiger partial charge in [0.2, 0.25) is 0 Å². The summed E-state index contributed by atoms with van der Waals surface area (Å²) in [6.45, 7) is 3.07. The summed E-state index contributed by atoms with van der Waals surface area (Å²) in [6, 6.07) is 12.7. The van der Waals surface area contributed by atoms with Crippen LogP contribution in [0.2, 0.25) is 0 Å². The molecule has 0 aliphatic rings. The summed E-state index contributed by atoms with van der Waals surface area (Å²) in [4.78, 5) is 22.5. The molecule has 0 aliphatic heterocycles. The van der Waals surface area contributed by atoms with Gasteiger partial charge in [-0.25, -0.2) is 17.9 Å². The minimum Gasteiger partial charge on any atom is -0.433 e. The van der Waals surface area contributed by atoms with Gasteiger partial charge in [-0.05, 0) is 24.6 Å². The van der Waals surface area contributed by atoms with E-state index >= 15 is 0 Å². The molecule has 0 fully saturated rings. The molecule has 26 heavy (non-hydrogen) atoms. The fraction of sp³-hybridized carbons (Fsp3) is 0.235. The maximum absolute atomic E-state index is 12.2. The molecular formula is C17H18N2O6S. The highest BCUT2D eigenvalue weighted by Gasteiger charge is 2.33. The summed E-state index contributed by atoms with van der Waals surface area (Å²) in [5.74, 6) is 0. The molecule has 8 nitrogen and oxygen atoms in total. The highest BCUT2D eigenvalue weighted by molar-refractivity contribution is 7.90. The van der Waals surface area contributed by atoms with Crippen LogP contribution in [0.15, 0.2) is 59.5 Å². The van der Waals surface area contributed by atoms with E-state index in [1.54, 1.807) is 54.1 Å². The van der Waals surface area contributed by atoms with E-state index in [9.17, 15) is 23.3 Å². The van der Waals surface area contributed by atoms with Crippen LogP contribution in [0.25, 0.3) is 0 Å². The lowest BCUT2D eigenvalue weighted by molar-refractivity contribution is -0.530. The number of benzene rings is 2. The van der Waals surface area contributed by atoms with Crippen molar-refractivity contribution in [3.8, 4) is 0 Å². The van der Waals surface area contributed by atoms with Gasteiger partial charge in [0.05, 0.1) is 4.90 Å². The first kappa shape index (κ1) is 19.4. The van der Waals surface area contributed by atoms with Crippen LogP contribution in [0.4, 0.5) is 4.79 Å². The summed E-state index contributed by atoms with van der Waals surface area (Å²) in [5.41, 5.74) is 1.25. The molecule has 2 atom stereocenters. The van der Waals surface area contributed by atoms with E-state index in [-0.39, 0.29) is 4.90 Å². The van der Waals surface area contributed by atoms with E-state index < -0.39 is 33.2 Å². The summed E-state index contributed by atoms with van der Waals surface area (Å²) >= 11 is 0. The number of ether oxygens (including phenoxy) is 1. The molecule has 138 valence electrons. The van der Waals surface area contributed by atoms with Crippen LogP contribution in [-0.4, -0.2) is 25.5 Å². The first-order valence-corrected chi connectivity index (χ1v) is 9.17. The van der Waals surface area contributed by atoms with Gasteiger partial charge in [0.1, 0.15) is 0 Å². The van der Waals surface area contributed by atoms with Crippen LogP contribution in [0.3, 0.4) is 0 Å². The molecule has 0 spiro atoms. The van der Waals surface area contributed by atoms with E-state index in [1.165, 1.54) is 19.1 Å². The maximum atomic E-state index is 12.2. The van der Waals surface area contributed by atoms with Crippen LogP contribution < -0.4 is 4.72 Å². The lowest BCUT2D eigenvalue weighted by Crippen LogP contribution is -2.36. The molecule has 1 N–H and O–H groups in total. The lowest BCUT2D eigenvalue weighted by atomic mass is 10.0. The Hall–Kier alpha value is -2.94. The number of carbonyl (C=O) groups is 1. The number of rotatable bonds is 6. The quantitative estimate of drug-likeness (QED) is 0.610. The molecule has 0 saturated heterocycles.